The van der Waals surface area contributed by atoms with Crippen molar-refractivity contribution in [3.8, 4) is 5.75 Å². The highest BCUT2D eigenvalue weighted by atomic mass is 32.1. The molecule has 156 valence electrons. The molecule has 30 heavy (non-hydrogen) atoms. The molecule has 1 aromatic heterocycles. The largest absolute Gasteiger partial charge is 0.478 e. The molecule has 0 N–H and O–H groups in total. The zero-order valence-electron chi connectivity index (χ0n) is 15.9. The summed E-state index contributed by atoms with van der Waals surface area (Å²) in [6.07, 6.45) is -1.42. The molecule has 0 radical (unpaired) electrons. The molecule has 1 atom stereocenters. The van der Waals surface area contributed by atoms with Crippen LogP contribution in [0, 0.1) is 24.4 Å². The minimum absolute atomic E-state index is 0.129. The van der Waals surface area contributed by atoms with Gasteiger partial charge in [-0.2, -0.15) is 0 Å². The van der Waals surface area contributed by atoms with Crippen molar-refractivity contribution in [1.29, 1.82) is 0 Å². The first-order valence-electron chi connectivity index (χ1n) is 8.87. The number of esters is 1. The molecule has 0 saturated heterocycles. The Morgan fingerprint density at radius 1 is 1.27 bits per heavy atom. The summed E-state index contributed by atoms with van der Waals surface area (Å²) in [5.41, 5.74) is 0.862. The number of methoxy groups -OCH3 is 1. The second-order valence-electron chi connectivity index (χ2n) is 6.72. The zero-order valence-corrected chi connectivity index (χ0v) is 16.7. The summed E-state index contributed by atoms with van der Waals surface area (Å²) in [6.45, 7) is 1.70. The van der Waals surface area contributed by atoms with Crippen LogP contribution in [0.1, 0.15) is 17.0 Å². The highest BCUT2D eigenvalue weighted by Crippen LogP contribution is 2.38. The quantitative estimate of drug-likeness (QED) is 0.459. The lowest BCUT2D eigenvalue weighted by molar-refractivity contribution is -0.145. The highest BCUT2D eigenvalue weighted by molar-refractivity contribution is 7.18. The lowest BCUT2D eigenvalue weighted by Crippen LogP contribution is -2.46. The van der Waals surface area contributed by atoms with E-state index in [0.717, 1.165) is 16.9 Å². The smallest absolute Gasteiger partial charge is 0.309 e. The van der Waals surface area contributed by atoms with E-state index in [9.17, 15) is 22.8 Å². The number of fused-ring (bicyclic) bond motifs is 2. The molecule has 6 nitrogen and oxygen atoms in total. The number of ether oxygens (including phenoxy) is 2. The number of anilines is 1. The number of carbonyl (C=O) groups excluding carboxylic acids is 2. The van der Waals surface area contributed by atoms with Gasteiger partial charge in [-0.1, -0.05) is 6.07 Å². The Kier molecular flexibility index (Phi) is 5.10. The van der Waals surface area contributed by atoms with Crippen molar-refractivity contribution in [2.24, 2.45) is 0 Å². The van der Waals surface area contributed by atoms with Gasteiger partial charge < -0.3 is 9.47 Å². The van der Waals surface area contributed by atoms with E-state index in [1.807, 2.05) is 6.92 Å². The molecule has 1 aliphatic heterocycles. The maximum atomic E-state index is 14.0. The van der Waals surface area contributed by atoms with E-state index in [0.29, 0.717) is 17.5 Å². The maximum absolute atomic E-state index is 14.0. The van der Waals surface area contributed by atoms with Gasteiger partial charge in [-0.15, -0.1) is 11.3 Å². The summed E-state index contributed by atoms with van der Waals surface area (Å²) in [6, 6.07) is 5.63. The van der Waals surface area contributed by atoms with Gasteiger partial charge in [0.15, 0.2) is 17.7 Å². The fourth-order valence-electron chi connectivity index (χ4n) is 3.19. The molecule has 0 spiro atoms. The molecular weight excluding hydrogens is 421 g/mol. The summed E-state index contributed by atoms with van der Waals surface area (Å²) < 4.78 is 51.7. The normalized spacial score (nSPS) is 15.8. The molecule has 4 rings (SSSR count). The van der Waals surface area contributed by atoms with Gasteiger partial charge in [-0.25, -0.2) is 18.2 Å². The Hall–Kier alpha value is -3.14. The van der Waals surface area contributed by atoms with Crippen molar-refractivity contribution < 1.29 is 32.2 Å². The molecule has 0 fully saturated rings. The zero-order chi connectivity index (χ0) is 21.6. The van der Waals surface area contributed by atoms with Crippen LogP contribution < -0.4 is 9.64 Å². The molecule has 2 heterocycles. The minimum atomic E-state index is -1.33. The Morgan fingerprint density at radius 2 is 2.03 bits per heavy atom. The average molecular weight is 436 g/mol. The van der Waals surface area contributed by atoms with Crippen molar-refractivity contribution in [2.75, 3.05) is 12.0 Å². The Labute approximate surface area is 172 Å². The summed E-state index contributed by atoms with van der Waals surface area (Å²) in [5, 5.41) is 0.202. The van der Waals surface area contributed by atoms with E-state index in [-0.39, 0.29) is 22.7 Å². The number of benzene rings is 2. The third kappa shape index (κ3) is 3.47. The van der Waals surface area contributed by atoms with Gasteiger partial charge in [0.05, 0.1) is 30.5 Å². The molecule has 2 aromatic carbocycles. The van der Waals surface area contributed by atoms with E-state index < -0.39 is 40.9 Å². The molecule has 1 unspecified atom stereocenters. The summed E-state index contributed by atoms with van der Waals surface area (Å²) in [7, 11) is 1.20. The predicted octanol–water partition coefficient (Wildman–Crippen LogP) is 3.88. The van der Waals surface area contributed by atoms with Gasteiger partial charge in [0.25, 0.3) is 5.91 Å². The first-order valence-corrected chi connectivity index (χ1v) is 9.68. The molecule has 0 bridgehead atoms. The summed E-state index contributed by atoms with van der Waals surface area (Å²) in [5.74, 6) is -4.28. The highest BCUT2D eigenvalue weighted by Gasteiger charge is 2.37. The number of hydrogen-bond donors (Lipinski definition) is 0. The van der Waals surface area contributed by atoms with Gasteiger partial charge in [0, 0.05) is 6.07 Å². The second kappa shape index (κ2) is 7.60. The van der Waals surface area contributed by atoms with Crippen LogP contribution in [0.3, 0.4) is 0 Å². The van der Waals surface area contributed by atoms with Crippen LogP contribution in [0.4, 0.5) is 18.9 Å². The van der Waals surface area contributed by atoms with Crippen LogP contribution in [0.15, 0.2) is 24.3 Å². The molecule has 1 amide bonds. The van der Waals surface area contributed by atoms with Gasteiger partial charge in [-0.3, -0.25) is 14.5 Å². The van der Waals surface area contributed by atoms with Crippen molar-refractivity contribution in [1.82, 2.24) is 4.98 Å². The third-order valence-corrected chi connectivity index (χ3v) is 5.70. The van der Waals surface area contributed by atoms with E-state index >= 15 is 0 Å². The van der Waals surface area contributed by atoms with Gasteiger partial charge >= 0.3 is 5.97 Å². The lowest BCUT2D eigenvalue weighted by Gasteiger charge is -2.33. The first kappa shape index (κ1) is 20.1. The van der Waals surface area contributed by atoms with E-state index in [2.05, 4.69) is 9.72 Å². The summed E-state index contributed by atoms with van der Waals surface area (Å²) >= 11 is 0.822. The van der Waals surface area contributed by atoms with Crippen molar-refractivity contribution >= 4 is 39.1 Å². The van der Waals surface area contributed by atoms with Crippen LogP contribution in [0.2, 0.25) is 0 Å². The van der Waals surface area contributed by atoms with Crippen LogP contribution in [0.5, 0.6) is 5.75 Å². The number of aromatic nitrogens is 1. The van der Waals surface area contributed by atoms with Crippen LogP contribution in [-0.2, 0) is 20.9 Å². The number of halogens is 3. The van der Waals surface area contributed by atoms with Gasteiger partial charge in [0.1, 0.15) is 22.1 Å². The Morgan fingerprint density at radius 3 is 2.77 bits per heavy atom. The molecule has 1 aliphatic rings. The number of carbonyl (C=O) groups is 2. The predicted molar refractivity (Wildman–Crippen MR) is 103 cm³/mol. The number of thiazole rings is 1. The lowest BCUT2D eigenvalue weighted by atomic mass is 10.1. The molecule has 0 aliphatic carbocycles. The first-order chi connectivity index (χ1) is 14.3. The Bertz CT molecular complexity index is 1180. The fourth-order valence-corrected chi connectivity index (χ4v) is 4.15. The van der Waals surface area contributed by atoms with Gasteiger partial charge in [0.2, 0.25) is 0 Å². The van der Waals surface area contributed by atoms with Crippen molar-refractivity contribution in [2.45, 2.75) is 26.0 Å². The second-order valence-corrected chi connectivity index (χ2v) is 7.81. The monoisotopic (exact) mass is 436 g/mol. The van der Waals surface area contributed by atoms with Crippen LogP contribution in [0.25, 0.3) is 10.2 Å². The molecule has 0 saturated carbocycles. The van der Waals surface area contributed by atoms with Crippen LogP contribution in [-0.4, -0.2) is 30.1 Å². The molecular formula is C20H15F3N2O4S. The van der Waals surface area contributed by atoms with Crippen molar-refractivity contribution in [3.63, 3.8) is 0 Å². The topological polar surface area (TPSA) is 68.7 Å². The summed E-state index contributed by atoms with van der Waals surface area (Å²) in [4.78, 5) is 30.0. The number of aryl methyl sites for hydroxylation is 1. The number of hydrogen-bond acceptors (Lipinski definition) is 6. The minimum Gasteiger partial charge on any atom is -0.478 e. The number of amides is 1. The van der Waals surface area contributed by atoms with Crippen LogP contribution >= 0.6 is 11.3 Å². The molecule has 10 heteroatoms. The average Bonchev–Trinajstić information content (AvgIpc) is 3.14. The van der Waals surface area contributed by atoms with E-state index in [1.54, 1.807) is 18.2 Å². The standard InChI is InChI=1S/C20H15F3N2O4S/c1-9-3-4-13-12(5-9)25(20(27)14(29-13)7-16(26)28-2)8-15-24-18-17(23)10(21)6-11(22)19(18)30-15/h3-6,14H,7-8H2,1-2H3. The number of rotatable bonds is 4. The van der Waals surface area contributed by atoms with E-state index in [4.69, 9.17) is 4.74 Å². The maximum Gasteiger partial charge on any atom is 0.309 e. The van der Waals surface area contributed by atoms with Gasteiger partial charge in [-0.05, 0) is 24.6 Å². The third-order valence-electron chi connectivity index (χ3n) is 4.65. The van der Waals surface area contributed by atoms with E-state index in [1.165, 1.54) is 12.0 Å². The SMILES string of the molecule is COC(=O)CC1Oc2ccc(C)cc2N(Cc2nc3c(F)c(F)cc(F)c3s2)C1=O. The van der Waals surface area contributed by atoms with Crippen molar-refractivity contribution in [3.05, 3.63) is 52.3 Å². The fraction of sp³-hybridized carbons (Fsp3) is 0.250. The molecule has 3 aromatic rings. The Balaban J connectivity index is 1.75. The number of nitrogens with zero attached hydrogens (tertiary/aromatic N) is 2.